The van der Waals surface area contributed by atoms with Crippen LogP contribution in [0.5, 0.6) is 0 Å². The molecule has 0 fully saturated rings. The summed E-state index contributed by atoms with van der Waals surface area (Å²) in [7, 11) is 0. The largest absolute Gasteiger partial charge is 0.399 e. The van der Waals surface area contributed by atoms with Crippen LogP contribution in [0.25, 0.3) is 0 Å². The Morgan fingerprint density at radius 1 is 1.33 bits per heavy atom. The number of nitrogen functional groups attached to an aromatic ring is 1. The van der Waals surface area contributed by atoms with Crippen LogP contribution in [0.1, 0.15) is 37.7 Å². The molecule has 1 aliphatic carbocycles. The molecule has 0 radical (unpaired) electrons. The van der Waals surface area contributed by atoms with Crippen LogP contribution in [-0.2, 0) is 0 Å². The summed E-state index contributed by atoms with van der Waals surface area (Å²) >= 11 is 0. The van der Waals surface area contributed by atoms with E-state index in [-0.39, 0.29) is 5.56 Å². The third-order valence-electron chi connectivity index (χ3n) is 3.21. The lowest BCUT2D eigenvalue weighted by Gasteiger charge is -2.12. The van der Waals surface area contributed by atoms with E-state index in [4.69, 9.17) is 5.73 Å². The lowest BCUT2D eigenvalue weighted by atomic mass is 10.1. The van der Waals surface area contributed by atoms with Gasteiger partial charge in [-0.1, -0.05) is 11.6 Å². The number of rotatable bonds is 5. The second-order valence-corrected chi connectivity index (χ2v) is 4.58. The van der Waals surface area contributed by atoms with Crippen LogP contribution in [0.3, 0.4) is 0 Å². The smallest absolute Gasteiger partial charge is 0.265 e. The summed E-state index contributed by atoms with van der Waals surface area (Å²) in [5.41, 5.74) is 7.79. The van der Waals surface area contributed by atoms with Gasteiger partial charge in [-0.05, 0) is 43.9 Å². The molecule has 0 atom stereocenters. The Morgan fingerprint density at radius 2 is 2.17 bits per heavy atom. The molecule has 0 amide bonds. The van der Waals surface area contributed by atoms with Crippen LogP contribution < -0.4 is 11.1 Å². The molecule has 2 nitrogen and oxygen atoms in total. The zero-order chi connectivity index (χ0) is 13.0. The monoisotopic (exact) mass is 252 g/mol. The Labute approximate surface area is 106 Å². The maximum absolute atomic E-state index is 12.8. The Kier molecular flexibility index (Phi) is 4.18. The fourth-order valence-electron chi connectivity index (χ4n) is 2.24. The summed E-state index contributed by atoms with van der Waals surface area (Å²) in [6.45, 7) is 0.690. The zero-order valence-corrected chi connectivity index (χ0v) is 10.3. The van der Waals surface area contributed by atoms with Crippen LogP contribution in [0.4, 0.5) is 20.2 Å². The van der Waals surface area contributed by atoms with Gasteiger partial charge in [0.15, 0.2) is 0 Å². The molecule has 0 aliphatic heterocycles. The van der Waals surface area contributed by atoms with Crippen molar-refractivity contribution < 1.29 is 8.78 Å². The maximum atomic E-state index is 12.8. The molecule has 0 aromatic heterocycles. The minimum absolute atomic E-state index is 0.0181. The Bertz CT molecular complexity index is 441. The third-order valence-corrected chi connectivity index (χ3v) is 3.21. The fourth-order valence-corrected chi connectivity index (χ4v) is 2.24. The fraction of sp³-hybridized carbons (Fsp3) is 0.429. The molecule has 0 unspecified atom stereocenters. The van der Waals surface area contributed by atoms with Gasteiger partial charge in [0.2, 0.25) is 0 Å². The number of anilines is 2. The van der Waals surface area contributed by atoms with Crippen molar-refractivity contribution in [3.8, 4) is 0 Å². The van der Waals surface area contributed by atoms with Crippen LogP contribution in [0.2, 0.25) is 0 Å². The first-order chi connectivity index (χ1) is 8.66. The minimum atomic E-state index is -2.50. The van der Waals surface area contributed by atoms with E-state index in [0.29, 0.717) is 17.9 Å². The SMILES string of the molecule is Nc1ccc(NCCC2=CCCC2)c(C(F)F)c1. The van der Waals surface area contributed by atoms with Gasteiger partial charge in [-0.2, -0.15) is 0 Å². The summed E-state index contributed by atoms with van der Waals surface area (Å²) in [5, 5.41) is 3.07. The molecule has 0 saturated carbocycles. The molecule has 98 valence electrons. The highest BCUT2D eigenvalue weighted by Crippen LogP contribution is 2.29. The zero-order valence-electron chi connectivity index (χ0n) is 10.3. The molecule has 4 heteroatoms. The first kappa shape index (κ1) is 12.9. The van der Waals surface area contributed by atoms with Crippen LogP contribution >= 0.6 is 0 Å². The van der Waals surface area contributed by atoms with Gasteiger partial charge in [0.25, 0.3) is 6.43 Å². The predicted octanol–water partition coefficient (Wildman–Crippen LogP) is 4.12. The van der Waals surface area contributed by atoms with Crippen molar-refractivity contribution >= 4 is 11.4 Å². The number of alkyl halides is 2. The van der Waals surface area contributed by atoms with Crippen molar-refractivity contribution in [2.24, 2.45) is 0 Å². The second-order valence-electron chi connectivity index (χ2n) is 4.58. The third kappa shape index (κ3) is 3.22. The molecule has 1 aliphatic rings. The average molecular weight is 252 g/mol. The van der Waals surface area contributed by atoms with Gasteiger partial charge in [0, 0.05) is 23.5 Å². The van der Waals surface area contributed by atoms with Gasteiger partial charge in [-0.25, -0.2) is 8.78 Å². The highest BCUT2D eigenvalue weighted by Gasteiger charge is 2.13. The lowest BCUT2D eigenvalue weighted by Crippen LogP contribution is -2.05. The molecular formula is C14H18F2N2. The van der Waals surface area contributed by atoms with Gasteiger partial charge >= 0.3 is 0 Å². The molecule has 0 spiro atoms. The Hall–Kier alpha value is -1.58. The number of halogens is 2. The van der Waals surface area contributed by atoms with E-state index in [0.717, 1.165) is 19.3 Å². The molecule has 0 saturated heterocycles. The lowest BCUT2D eigenvalue weighted by molar-refractivity contribution is 0.152. The van der Waals surface area contributed by atoms with E-state index >= 15 is 0 Å². The van der Waals surface area contributed by atoms with Crippen LogP contribution in [0, 0.1) is 0 Å². The molecule has 3 N–H and O–H groups in total. The summed E-state index contributed by atoms with van der Waals surface area (Å²) in [4.78, 5) is 0. The number of benzene rings is 1. The highest BCUT2D eigenvalue weighted by atomic mass is 19.3. The van der Waals surface area contributed by atoms with Crippen molar-refractivity contribution in [1.82, 2.24) is 0 Å². The minimum Gasteiger partial charge on any atom is -0.399 e. The quantitative estimate of drug-likeness (QED) is 0.611. The van der Waals surface area contributed by atoms with E-state index in [1.165, 1.54) is 18.1 Å². The van der Waals surface area contributed by atoms with Crippen molar-refractivity contribution in [2.75, 3.05) is 17.6 Å². The Morgan fingerprint density at radius 3 is 2.83 bits per heavy atom. The standard InChI is InChI=1S/C14H18F2N2/c15-14(16)12-9-11(17)5-6-13(12)18-8-7-10-3-1-2-4-10/h3,5-6,9,14,18H,1-2,4,7-8,17H2. The average Bonchev–Trinajstić information content (AvgIpc) is 2.84. The molecular weight excluding hydrogens is 234 g/mol. The van der Waals surface area contributed by atoms with Crippen molar-refractivity contribution in [3.63, 3.8) is 0 Å². The van der Waals surface area contributed by atoms with Crippen molar-refractivity contribution in [2.45, 2.75) is 32.1 Å². The van der Waals surface area contributed by atoms with Crippen molar-refractivity contribution in [3.05, 3.63) is 35.4 Å². The van der Waals surface area contributed by atoms with Crippen LogP contribution in [0.15, 0.2) is 29.8 Å². The first-order valence-electron chi connectivity index (χ1n) is 6.26. The number of hydrogen-bond donors (Lipinski definition) is 2. The molecule has 2 rings (SSSR count). The molecule has 0 heterocycles. The van der Waals surface area contributed by atoms with E-state index < -0.39 is 6.43 Å². The van der Waals surface area contributed by atoms with Gasteiger partial charge in [0.1, 0.15) is 0 Å². The topological polar surface area (TPSA) is 38.0 Å². The van der Waals surface area contributed by atoms with E-state index in [2.05, 4.69) is 11.4 Å². The molecule has 1 aromatic carbocycles. The molecule has 0 bridgehead atoms. The van der Waals surface area contributed by atoms with E-state index in [9.17, 15) is 8.78 Å². The van der Waals surface area contributed by atoms with Gasteiger partial charge < -0.3 is 11.1 Å². The van der Waals surface area contributed by atoms with Crippen LogP contribution in [-0.4, -0.2) is 6.54 Å². The number of hydrogen-bond acceptors (Lipinski definition) is 2. The molecule has 1 aromatic rings. The Balaban J connectivity index is 1.95. The second kappa shape index (κ2) is 5.85. The maximum Gasteiger partial charge on any atom is 0.265 e. The summed E-state index contributed by atoms with van der Waals surface area (Å²) in [5.74, 6) is 0. The van der Waals surface area contributed by atoms with Gasteiger partial charge in [0.05, 0.1) is 0 Å². The highest BCUT2D eigenvalue weighted by molar-refractivity contribution is 5.58. The first-order valence-corrected chi connectivity index (χ1v) is 6.26. The van der Waals surface area contributed by atoms with E-state index in [1.54, 1.807) is 12.1 Å². The summed E-state index contributed by atoms with van der Waals surface area (Å²) in [6.07, 6.45) is 4.19. The summed E-state index contributed by atoms with van der Waals surface area (Å²) < 4.78 is 25.7. The number of nitrogens with two attached hydrogens (primary N) is 1. The predicted molar refractivity (Wildman–Crippen MR) is 70.9 cm³/mol. The normalized spacial score (nSPS) is 14.9. The van der Waals surface area contributed by atoms with Crippen molar-refractivity contribution in [1.29, 1.82) is 0 Å². The van der Waals surface area contributed by atoms with Gasteiger partial charge in [-0.3, -0.25) is 0 Å². The summed E-state index contributed by atoms with van der Waals surface area (Å²) in [6, 6.07) is 4.60. The van der Waals surface area contributed by atoms with E-state index in [1.807, 2.05) is 0 Å². The molecule has 18 heavy (non-hydrogen) atoms. The van der Waals surface area contributed by atoms with Gasteiger partial charge in [-0.15, -0.1) is 0 Å². The number of nitrogens with one attached hydrogen (secondary N) is 1. The number of allylic oxidation sites excluding steroid dienone is 1.